The number of likely N-dealkylation sites (tertiary alicyclic amines) is 1. The number of hydrogen-bond donors (Lipinski definition) is 2. The Bertz CT molecular complexity index is 558. The minimum absolute atomic E-state index is 0.0709. The van der Waals surface area contributed by atoms with Crippen LogP contribution in [0.4, 0.5) is 4.79 Å². The molecule has 6 nitrogen and oxygen atoms in total. The molecule has 1 aromatic rings. The number of carbonyl (C=O) groups is 2. The van der Waals surface area contributed by atoms with Crippen molar-refractivity contribution in [1.29, 1.82) is 0 Å². The highest BCUT2D eigenvalue weighted by Crippen LogP contribution is 2.18. The molecule has 3 rings (SSSR count). The number of ether oxygens (including phenoxy) is 1. The molecular formula is C18H25N3O3. The van der Waals surface area contributed by atoms with E-state index in [9.17, 15) is 9.59 Å². The highest BCUT2D eigenvalue weighted by Gasteiger charge is 2.34. The third kappa shape index (κ3) is 4.26. The largest absolute Gasteiger partial charge is 0.381 e. The molecule has 1 aromatic carbocycles. The number of amides is 3. The zero-order valence-corrected chi connectivity index (χ0v) is 13.9. The van der Waals surface area contributed by atoms with Gasteiger partial charge in [-0.25, -0.2) is 4.79 Å². The van der Waals surface area contributed by atoms with Crippen LogP contribution in [-0.4, -0.2) is 48.7 Å². The van der Waals surface area contributed by atoms with Crippen LogP contribution >= 0.6 is 0 Å². The molecule has 2 aliphatic heterocycles. The maximum Gasteiger partial charge on any atom is 0.318 e. The van der Waals surface area contributed by atoms with E-state index in [-0.39, 0.29) is 24.0 Å². The number of nitrogens with one attached hydrogen (secondary N) is 2. The Kier molecular flexibility index (Phi) is 5.69. The van der Waals surface area contributed by atoms with Gasteiger partial charge in [0.2, 0.25) is 5.91 Å². The summed E-state index contributed by atoms with van der Waals surface area (Å²) in [7, 11) is 0. The third-order valence-electron chi connectivity index (χ3n) is 4.67. The smallest absolute Gasteiger partial charge is 0.318 e. The van der Waals surface area contributed by atoms with Crippen molar-refractivity contribution in [1.82, 2.24) is 15.5 Å². The Balaban J connectivity index is 1.52. The lowest BCUT2D eigenvalue weighted by Gasteiger charge is -2.29. The van der Waals surface area contributed by atoms with E-state index < -0.39 is 0 Å². The van der Waals surface area contributed by atoms with Crippen LogP contribution in [0.15, 0.2) is 30.3 Å². The van der Waals surface area contributed by atoms with Gasteiger partial charge < -0.3 is 20.3 Å². The molecule has 0 bridgehead atoms. The molecule has 3 amide bonds. The molecule has 2 heterocycles. The van der Waals surface area contributed by atoms with Crippen LogP contribution < -0.4 is 10.6 Å². The molecule has 130 valence electrons. The summed E-state index contributed by atoms with van der Waals surface area (Å²) in [5, 5.41) is 6.00. The van der Waals surface area contributed by atoms with E-state index in [2.05, 4.69) is 10.6 Å². The van der Waals surface area contributed by atoms with Crippen molar-refractivity contribution in [2.24, 2.45) is 0 Å². The van der Waals surface area contributed by atoms with E-state index in [4.69, 9.17) is 4.74 Å². The molecule has 6 heteroatoms. The summed E-state index contributed by atoms with van der Waals surface area (Å²) >= 11 is 0. The summed E-state index contributed by atoms with van der Waals surface area (Å²) in [6, 6.07) is 9.46. The number of urea groups is 1. The number of hydrogen-bond acceptors (Lipinski definition) is 3. The molecule has 1 atom stereocenters. The fraction of sp³-hybridized carbons (Fsp3) is 0.556. The molecule has 0 aliphatic carbocycles. The highest BCUT2D eigenvalue weighted by atomic mass is 16.5. The quantitative estimate of drug-likeness (QED) is 0.881. The van der Waals surface area contributed by atoms with Gasteiger partial charge in [-0.2, -0.15) is 0 Å². The van der Waals surface area contributed by atoms with E-state index in [1.165, 1.54) is 0 Å². The minimum Gasteiger partial charge on any atom is -0.381 e. The number of nitrogens with zero attached hydrogens (tertiary/aromatic N) is 1. The van der Waals surface area contributed by atoms with Crippen LogP contribution in [0.3, 0.4) is 0 Å². The normalized spacial score (nSPS) is 21.5. The first-order valence-electron chi connectivity index (χ1n) is 8.70. The molecule has 2 saturated heterocycles. The maximum absolute atomic E-state index is 12.5. The summed E-state index contributed by atoms with van der Waals surface area (Å²) in [6.07, 6.45) is 3.27. The topological polar surface area (TPSA) is 70.7 Å². The van der Waals surface area contributed by atoms with Crippen LogP contribution in [0.1, 0.15) is 31.2 Å². The second kappa shape index (κ2) is 8.15. The van der Waals surface area contributed by atoms with Crippen molar-refractivity contribution in [3.63, 3.8) is 0 Å². The van der Waals surface area contributed by atoms with Crippen LogP contribution in [0.25, 0.3) is 0 Å². The van der Waals surface area contributed by atoms with Gasteiger partial charge in [0.25, 0.3) is 0 Å². The molecule has 2 N–H and O–H groups in total. The van der Waals surface area contributed by atoms with Gasteiger partial charge in [-0.3, -0.25) is 4.79 Å². The van der Waals surface area contributed by atoms with Gasteiger partial charge in [0.05, 0.1) is 0 Å². The fourth-order valence-electron chi connectivity index (χ4n) is 3.28. The Morgan fingerprint density at radius 1 is 1.12 bits per heavy atom. The number of benzene rings is 1. The van der Waals surface area contributed by atoms with Gasteiger partial charge in [0.1, 0.15) is 6.04 Å². The van der Waals surface area contributed by atoms with Crippen LogP contribution in [-0.2, 0) is 16.1 Å². The van der Waals surface area contributed by atoms with Crippen LogP contribution in [0.2, 0.25) is 0 Å². The molecule has 2 aliphatic rings. The first-order chi connectivity index (χ1) is 11.7. The first kappa shape index (κ1) is 16.8. The molecular weight excluding hydrogens is 306 g/mol. The second-order valence-corrected chi connectivity index (χ2v) is 6.39. The highest BCUT2D eigenvalue weighted by molar-refractivity contribution is 5.87. The zero-order valence-electron chi connectivity index (χ0n) is 13.9. The lowest BCUT2D eigenvalue weighted by molar-refractivity contribution is -0.124. The average Bonchev–Trinajstić information content (AvgIpc) is 3.11. The SMILES string of the molecule is O=C(NCc1ccccc1)C1CCCN1C(=O)NC1CCOCC1. The van der Waals surface area contributed by atoms with Crippen molar-refractivity contribution >= 4 is 11.9 Å². The first-order valence-corrected chi connectivity index (χ1v) is 8.70. The Morgan fingerprint density at radius 2 is 1.88 bits per heavy atom. The lowest BCUT2D eigenvalue weighted by Crippen LogP contribution is -2.52. The van der Waals surface area contributed by atoms with E-state index in [1.807, 2.05) is 30.3 Å². The average molecular weight is 331 g/mol. The van der Waals surface area contributed by atoms with Gasteiger partial charge in [-0.1, -0.05) is 30.3 Å². The summed E-state index contributed by atoms with van der Waals surface area (Å²) < 4.78 is 5.31. The molecule has 0 spiro atoms. The third-order valence-corrected chi connectivity index (χ3v) is 4.67. The number of rotatable bonds is 4. The monoisotopic (exact) mass is 331 g/mol. The molecule has 0 aromatic heterocycles. The summed E-state index contributed by atoms with van der Waals surface area (Å²) in [5.41, 5.74) is 1.06. The second-order valence-electron chi connectivity index (χ2n) is 6.39. The standard InChI is InChI=1S/C18H25N3O3/c22-17(19-13-14-5-2-1-3-6-14)16-7-4-10-21(16)18(23)20-15-8-11-24-12-9-15/h1-3,5-6,15-16H,4,7-13H2,(H,19,22)(H,20,23). The summed E-state index contributed by atoms with van der Waals surface area (Å²) in [6.45, 7) is 2.50. The van der Waals surface area contributed by atoms with Gasteiger partial charge >= 0.3 is 6.03 Å². The van der Waals surface area contributed by atoms with Crippen molar-refractivity contribution in [3.8, 4) is 0 Å². The van der Waals surface area contributed by atoms with Crippen molar-refractivity contribution in [2.45, 2.75) is 44.3 Å². The van der Waals surface area contributed by atoms with Crippen molar-refractivity contribution in [3.05, 3.63) is 35.9 Å². The predicted octanol–water partition coefficient (Wildman–Crippen LogP) is 1.66. The van der Waals surface area contributed by atoms with Gasteiger partial charge in [0, 0.05) is 32.3 Å². The molecule has 24 heavy (non-hydrogen) atoms. The molecule has 0 radical (unpaired) electrons. The molecule has 1 unspecified atom stereocenters. The van der Waals surface area contributed by atoms with Gasteiger partial charge in [0.15, 0.2) is 0 Å². The van der Waals surface area contributed by atoms with E-state index >= 15 is 0 Å². The molecule has 0 saturated carbocycles. The van der Waals surface area contributed by atoms with E-state index in [1.54, 1.807) is 4.90 Å². The Morgan fingerprint density at radius 3 is 2.62 bits per heavy atom. The van der Waals surface area contributed by atoms with E-state index in [0.717, 1.165) is 31.2 Å². The Labute approximate surface area is 142 Å². The summed E-state index contributed by atoms with van der Waals surface area (Å²) in [5.74, 6) is -0.0709. The molecule has 2 fully saturated rings. The van der Waals surface area contributed by atoms with Crippen LogP contribution in [0.5, 0.6) is 0 Å². The van der Waals surface area contributed by atoms with E-state index in [0.29, 0.717) is 26.3 Å². The van der Waals surface area contributed by atoms with Crippen molar-refractivity contribution < 1.29 is 14.3 Å². The predicted molar refractivity (Wildman–Crippen MR) is 90.4 cm³/mol. The lowest BCUT2D eigenvalue weighted by atomic mass is 10.1. The maximum atomic E-state index is 12.5. The van der Waals surface area contributed by atoms with Crippen molar-refractivity contribution in [2.75, 3.05) is 19.8 Å². The fourth-order valence-corrected chi connectivity index (χ4v) is 3.28. The van der Waals surface area contributed by atoms with Gasteiger partial charge in [-0.05, 0) is 31.2 Å². The van der Waals surface area contributed by atoms with Crippen LogP contribution in [0, 0.1) is 0 Å². The Hall–Kier alpha value is -2.08. The summed E-state index contributed by atoms with van der Waals surface area (Å²) in [4.78, 5) is 26.6. The van der Waals surface area contributed by atoms with Gasteiger partial charge in [-0.15, -0.1) is 0 Å². The number of carbonyl (C=O) groups excluding carboxylic acids is 2. The zero-order chi connectivity index (χ0) is 16.8. The minimum atomic E-state index is -0.367.